The minimum Gasteiger partial charge on any atom is -0.396 e. The molecule has 0 spiro atoms. The first-order valence-electron chi connectivity index (χ1n) is 7.98. The molecular formula is C20H31NO. The molecule has 2 nitrogen and oxygen atoms in total. The summed E-state index contributed by atoms with van der Waals surface area (Å²) < 4.78 is 0. The molecule has 2 heteroatoms. The van der Waals surface area contributed by atoms with Gasteiger partial charge in [-0.15, -0.1) is 0 Å². The Morgan fingerprint density at radius 1 is 0.864 bits per heavy atom. The molecule has 0 saturated heterocycles. The second-order valence-electron chi connectivity index (χ2n) is 5.22. The molecule has 2 aromatic rings. The summed E-state index contributed by atoms with van der Waals surface area (Å²) in [6.07, 6.45) is 0. The van der Waals surface area contributed by atoms with Gasteiger partial charge in [-0.05, 0) is 25.2 Å². The van der Waals surface area contributed by atoms with Crippen molar-refractivity contribution in [2.24, 2.45) is 0 Å². The van der Waals surface area contributed by atoms with Gasteiger partial charge in [0.2, 0.25) is 0 Å². The molecule has 0 unspecified atom stereocenters. The second-order valence-corrected chi connectivity index (χ2v) is 5.22. The summed E-state index contributed by atoms with van der Waals surface area (Å²) in [7, 11) is 4.15. The summed E-state index contributed by atoms with van der Waals surface area (Å²) >= 11 is 0. The van der Waals surface area contributed by atoms with Crippen LogP contribution in [0.3, 0.4) is 0 Å². The number of benzene rings is 2. The first kappa shape index (κ1) is 20.4. The van der Waals surface area contributed by atoms with Crippen LogP contribution in [0.1, 0.15) is 37.8 Å². The Bertz CT molecular complexity index is 454. The maximum absolute atomic E-state index is 8.79. The van der Waals surface area contributed by atoms with Crippen molar-refractivity contribution in [1.82, 2.24) is 4.90 Å². The van der Waals surface area contributed by atoms with Gasteiger partial charge in [-0.25, -0.2) is 0 Å². The van der Waals surface area contributed by atoms with Crippen molar-refractivity contribution in [2.75, 3.05) is 20.7 Å². The minimum atomic E-state index is 0.226. The average molecular weight is 301 g/mol. The van der Waals surface area contributed by atoms with Crippen LogP contribution in [0.2, 0.25) is 0 Å². The molecule has 2 aromatic carbocycles. The van der Waals surface area contributed by atoms with Crippen LogP contribution in [0, 0.1) is 0 Å². The maximum atomic E-state index is 8.79. The Labute approximate surface area is 136 Å². The summed E-state index contributed by atoms with van der Waals surface area (Å²) in [5, 5.41) is 8.79. The van der Waals surface area contributed by atoms with Crippen LogP contribution in [0.15, 0.2) is 60.7 Å². The van der Waals surface area contributed by atoms with Crippen molar-refractivity contribution in [1.29, 1.82) is 0 Å². The van der Waals surface area contributed by atoms with E-state index in [1.807, 2.05) is 57.2 Å². The van der Waals surface area contributed by atoms with Crippen LogP contribution in [0.4, 0.5) is 0 Å². The molecule has 0 saturated carbocycles. The molecule has 0 aliphatic carbocycles. The Hall–Kier alpha value is -1.64. The summed E-state index contributed by atoms with van der Waals surface area (Å²) in [6.45, 7) is 7.26. The van der Waals surface area contributed by atoms with Crippen LogP contribution >= 0.6 is 0 Å². The molecule has 0 fully saturated rings. The largest absolute Gasteiger partial charge is 0.396 e. The van der Waals surface area contributed by atoms with E-state index in [-0.39, 0.29) is 12.5 Å². The molecule has 0 aromatic heterocycles. The second kappa shape index (κ2) is 13.1. The fourth-order valence-corrected chi connectivity index (χ4v) is 1.84. The molecule has 1 atom stereocenters. The summed E-state index contributed by atoms with van der Waals surface area (Å²) in [6, 6.07) is 20.5. The number of aliphatic hydroxyl groups excluding tert-OH is 1. The van der Waals surface area contributed by atoms with Gasteiger partial charge in [0, 0.05) is 19.1 Å². The lowest BCUT2D eigenvalue weighted by Crippen LogP contribution is -2.10. The lowest BCUT2D eigenvalue weighted by Gasteiger charge is -2.08. The molecule has 122 valence electrons. The van der Waals surface area contributed by atoms with Crippen LogP contribution in [-0.2, 0) is 6.54 Å². The predicted molar refractivity (Wildman–Crippen MR) is 97.1 cm³/mol. The summed E-state index contributed by atoms with van der Waals surface area (Å²) in [5.74, 6) is 0.265. The Morgan fingerprint density at radius 3 is 1.73 bits per heavy atom. The quantitative estimate of drug-likeness (QED) is 0.895. The number of hydrogen-bond donors (Lipinski definition) is 1. The molecule has 0 aliphatic heterocycles. The molecule has 1 N–H and O–H groups in total. The summed E-state index contributed by atoms with van der Waals surface area (Å²) in [5.41, 5.74) is 2.57. The zero-order valence-electron chi connectivity index (χ0n) is 14.7. The standard InChI is InChI=1S/C9H13N.C9H12O.C2H6/c1-10(2)8-9-6-4-3-5-7-9;1-8(7-10)9-5-3-2-4-6-9;1-2/h3-7H,8H2,1-2H3;2-6,8,10H,7H2,1H3;1-2H3/t;8-;/m.1./s1. The van der Waals surface area contributed by atoms with E-state index in [0.717, 1.165) is 6.54 Å². The van der Waals surface area contributed by atoms with Crippen LogP contribution in [0.5, 0.6) is 0 Å². The highest BCUT2D eigenvalue weighted by Gasteiger charge is 2.00. The van der Waals surface area contributed by atoms with E-state index >= 15 is 0 Å². The van der Waals surface area contributed by atoms with Gasteiger partial charge in [0.15, 0.2) is 0 Å². The highest BCUT2D eigenvalue weighted by Crippen LogP contribution is 2.12. The van der Waals surface area contributed by atoms with Gasteiger partial charge >= 0.3 is 0 Å². The third kappa shape index (κ3) is 9.32. The van der Waals surface area contributed by atoms with Crippen molar-refractivity contribution in [3.8, 4) is 0 Å². The molecule has 0 aliphatic rings. The van der Waals surface area contributed by atoms with Gasteiger partial charge in [0.05, 0.1) is 0 Å². The first-order valence-corrected chi connectivity index (χ1v) is 7.98. The normalized spacial score (nSPS) is 10.9. The van der Waals surface area contributed by atoms with Crippen molar-refractivity contribution in [3.05, 3.63) is 71.8 Å². The predicted octanol–water partition coefficient (Wildman–Crippen LogP) is 4.56. The topological polar surface area (TPSA) is 23.5 Å². The zero-order chi connectivity index (χ0) is 16.8. The van der Waals surface area contributed by atoms with Crippen molar-refractivity contribution >= 4 is 0 Å². The number of hydrogen-bond acceptors (Lipinski definition) is 2. The van der Waals surface area contributed by atoms with E-state index in [1.54, 1.807) is 0 Å². The van der Waals surface area contributed by atoms with Crippen LogP contribution < -0.4 is 0 Å². The highest BCUT2D eigenvalue weighted by atomic mass is 16.3. The smallest absolute Gasteiger partial charge is 0.0497 e. The lowest BCUT2D eigenvalue weighted by atomic mass is 10.0. The van der Waals surface area contributed by atoms with Crippen molar-refractivity contribution in [2.45, 2.75) is 33.2 Å². The molecule has 0 radical (unpaired) electrons. The lowest BCUT2D eigenvalue weighted by molar-refractivity contribution is 0.273. The zero-order valence-corrected chi connectivity index (χ0v) is 14.7. The van der Waals surface area contributed by atoms with E-state index in [9.17, 15) is 0 Å². The fourth-order valence-electron chi connectivity index (χ4n) is 1.84. The fraction of sp³-hybridized carbons (Fsp3) is 0.400. The van der Waals surface area contributed by atoms with Crippen LogP contribution in [-0.4, -0.2) is 30.7 Å². The SMILES string of the molecule is CC.CN(C)Cc1ccccc1.C[C@H](CO)c1ccccc1. The maximum Gasteiger partial charge on any atom is 0.0497 e. The molecule has 2 rings (SSSR count). The van der Waals surface area contributed by atoms with Gasteiger partial charge in [0.25, 0.3) is 0 Å². The highest BCUT2D eigenvalue weighted by molar-refractivity contribution is 5.18. The van der Waals surface area contributed by atoms with Gasteiger partial charge in [-0.2, -0.15) is 0 Å². The minimum absolute atomic E-state index is 0.226. The van der Waals surface area contributed by atoms with Crippen molar-refractivity contribution in [3.63, 3.8) is 0 Å². The molecule has 0 heterocycles. The number of aliphatic hydroxyl groups is 1. The van der Waals surface area contributed by atoms with E-state index in [2.05, 4.69) is 43.3 Å². The third-order valence-corrected chi connectivity index (χ3v) is 2.98. The first-order chi connectivity index (χ1) is 10.6. The third-order valence-electron chi connectivity index (χ3n) is 2.98. The van der Waals surface area contributed by atoms with Crippen molar-refractivity contribution < 1.29 is 5.11 Å². The van der Waals surface area contributed by atoms with Crippen LogP contribution in [0.25, 0.3) is 0 Å². The Kier molecular flexibility index (Phi) is 12.1. The molecule has 22 heavy (non-hydrogen) atoms. The van der Waals surface area contributed by atoms with Gasteiger partial charge in [-0.3, -0.25) is 0 Å². The number of rotatable bonds is 4. The van der Waals surface area contributed by atoms with Gasteiger partial charge < -0.3 is 10.0 Å². The van der Waals surface area contributed by atoms with Gasteiger partial charge in [0.1, 0.15) is 0 Å². The van der Waals surface area contributed by atoms with E-state index in [0.29, 0.717) is 0 Å². The molecule has 0 amide bonds. The van der Waals surface area contributed by atoms with Gasteiger partial charge in [-0.1, -0.05) is 81.4 Å². The Morgan fingerprint density at radius 2 is 1.32 bits per heavy atom. The van der Waals surface area contributed by atoms with E-state index < -0.39 is 0 Å². The van der Waals surface area contributed by atoms with E-state index in [4.69, 9.17) is 5.11 Å². The monoisotopic (exact) mass is 301 g/mol. The summed E-state index contributed by atoms with van der Waals surface area (Å²) in [4.78, 5) is 2.16. The molecular weight excluding hydrogens is 270 g/mol. The van der Waals surface area contributed by atoms with E-state index in [1.165, 1.54) is 11.1 Å². The Balaban J connectivity index is 0.000000360. The number of nitrogens with zero attached hydrogens (tertiary/aromatic N) is 1. The molecule has 0 bridgehead atoms. The average Bonchev–Trinajstić information content (AvgIpc) is 2.58.